The van der Waals surface area contributed by atoms with Crippen molar-refractivity contribution >= 4 is 35.8 Å². The number of hydrogen-bond acceptors (Lipinski definition) is 8. The molecule has 0 spiro atoms. The number of carboxylic acid groups (broad SMARTS) is 5. The van der Waals surface area contributed by atoms with E-state index < -0.39 is 72.7 Å². The van der Waals surface area contributed by atoms with Crippen molar-refractivity contribution < 1.29 is 126 Å². The second kappa shape index (κ2) is 12.3. The van der Waals surface area contributed by atoms with E-state index in [2.05, 4.69) is 4.74 Å². The van der Waals surface area contributed by atoms with Crippen molar-refractivity contribution in [1.82, 2.24) is 0 Å². The Balaban J connectivity index is -0.000000480. The molecule has 0 rings (SSSR count). The van der Waals surface area contributed by atoms with E-state index in [1.54, 1.807) is 0 Å². The molecule has 0 bridgehead atoms. The van der Waals surface area contributed by atoms with Crippen molar-refractivity contribution in [1.29, 1.82) is 0 Å². The SMILES string of the molecule is O=C(O)CC(O)(CC(=O)OC(CC(=O)O)(CC(=O)O)C(=O)O)C(=O)O.[H-].[H-].[Na+].[Na+]. The number of esters is 1. The molecule has 0 aromatic carbocycles. The summed E-state index contributed by atoms with van der Waals surface area (Å²) < 4.78 is 4.33. The standard InChI is InChI=1S/C12H14O13.2Na.2H/c13-5(14)1-11(24,9(20)21)4-8(19)25-12(10(22)23,2-6(15)16)3-7(17)18;;;;/h24H,1-4H2,(H,13,14)(H,15,16)(H,17,18)(H,20,21)(H,22,23);;;;/q;2*+1;2*-1. The number of carboxylic acids is 5. The molecule has 13 nitrogen and oxygen atoms in total. The number of carbonyl (C=O) groups is 6. The van der Waals surface area contributed by atoms with Crippen molar-refractivity contribution in [3.8, 4) is 0 Å². The third-order valence-electron chi connectivity index (χ3n) is 2.85. The van der Waals surface area contributed by atoms with Crippen molar-refractivity contribution in [3.63, 3.8) is 0 Å². The first kappa shape index (κ1) is 30.5. The van der Waals surface area contributed by atoms with Gasteiger partial charge in [-0.2, -0.15) is 0 Å². The molecule has 6 N–H and O–H groups in total. The second-order valence-corrected chi connectivity index (χ2v) is 5.00. The van der Waals surface area contributed by atoms with Crippen molar-refractivity contribution in [2.24, 2.45) is 0 Å². The average Bonchev–Trinajstić information content (AvgIpc) is 2.34. The van der Waals surface area contributed by atoms with Crippen LogP contribution in [-0.2, 0) is 33.5 Å². The fourth-order valence-electron chi connectivity index (χ4n) is 1.77. The Kier molecular flexibility index (Phi) is 13.9. The molecule has 15 heteroatoms. The third kappa shape index (κ3) is 10.0. The average molecular weight is 414 g/mol. The summed E-state index contributed by atoms with van der Waals surface area (Å²) in [5.41, 5.74) is -6.24. The molecule has 0 heterocycles. The van der Waals surface area contributed by atoms with Gasteiger partial charge in [-0.25, -0.2) is 9.59 Å². The van der Waals surface area contributed by atoms with Gasteiger partial charge >= 0.3 is 94.9 Å². The normalized spacial score (nSPS) is 12.3. The summed E-state index contributed by atoms with van der Waals surface area (Å²) in [4.78, 5) is 66.0. The fourth-order valence-corrected chi connectivity index (χ4v) is 1.77. The Morgan fingerprint density at radius 1 is 0.667 bits per heavy atom. The van der Waals surface area contributed by atoms with E-state index in [9.17, 15) is 33.9 Å². The van der Waals surface area contributed by atoms with E-state index >= 15 is 0 Å². The zero-order valence-electron chi connectivity index (χ0n) is 16.4. The van der Waals surface area contributed by atoms with E-state index in [0.717, 1.165) is 0 Å². The van der Waals surface area contributed by atoms with Gasteiger partial charge in [0.1, 0.15) is 0 Å². The minimum absolute atomic E-state index is 0. The van der Waals surface area contributed by atoms with Gasteiger partial charge in [-0.15, -0.1) is 0 Å². The van der Waals surface area contributed by atoms with Gasteiger partial charge in [-0.1, -0.05) is 0 Å². The van der Waals surface area contributed by atoms with Gasteiger partial charge < -0.3 is 38.2 Å². The van der Waals surface area contributed by atoms with Crippen LogP contribution in [0.3, 0.4) is 0 Å². The quantitative estimate of drug-likeness (QED) is 0.136. The minimum atomic E-state index is -3.17. The molecule has 0 radical (unpaired) electrons. The van der Waals surface area contributed by atoms with Gasteiger partial charge in [0.05, 0.1) is 25.7 Å². The summed E-state index contributed by atoms with van der Waals surface area (Å²) >= 11 is 0. The predicted octanol–water partition coefficient (Wildman–Crippen LogP) is -7.78. The van der Waals surface area contributed by atoms with E-state index in [1.165, 1.54) is 0 Å². The van der Waals surface area contributed by atoms with E-state index in [4.69, 9.17) is 25.5 Å². The third-order valence-corrected chi connectivity index (χ3v) is 2.85. The smallest absolute Gasteiger partial charge is 1.00 e. The molecule has 0 aliphatic carbocycles. The van der Waals surface area contributed by atoms with Crippen LogP contribution in [0.5, 0.6) is 0 Å². The van der Waals surface area contributed by atoms with Crippen LogP contribution in [0.15, 0.2) is 0 Å². The van der Waals surface area contributed by atoms with Crippen molar-refractivity contribution in [2.75, 3.05) is 0 Å². The number of ether oxygens (including phenoxy) is 1. The number of carbonyl (C=O) groups excluding carboxylic acids is 1. The molecule has 144 valence electrons. The minimum Gasteiger partial charge on any atom is -1.00 e. The van der Waals surface area contributed by atoms with Crippen molar-refractivity contribution in [2.45, 2.75) is 36.9 Å². The molecule has 0 amide bonds. The van der Waals surface area contributed by atoms with Gasteiger partial charge in [-0.3, -0.25) is 19.2 Å². The summed E-state index contributed by atoms with van der Waals surface area (Å²) in [6.07, 6.45) is -5.94. The van der Waals surface area contributed by atoms with Gasteiger partial charge in [0.2, 0.25) is 5.60 Å². The first-order valence-electron chi connectivity index (χ1n) is 6.30. The van der Waals surface area contributed by atoms with E-state index in [-0.39, 0.29) is 62.0 Å². The Hall–Kier alpha value is -1.22. The molecule has 0 aliphatic rings. The Morgan fingerprint density at radius 3 is 1.30 bits per heavy atom. The molecule has 0 aromatic heterocycles. The zero-order chi connectivity index (χ0) is 20.0. The first-order valence-corrected chi connectivity index (χ1v) is 6.30. The van der Waals surface area contributed by atoms with Crippen LogP contribution in [0.2, 0.25) is 0 Å². The molecule has 0 saturated heterocycles. The molecule has 0 aromatic rings. The summed E-state index contributed by atoms with van der Waals surface area (Å²) in [6, 6.07) is 0. The van der Waals surface area contributed by atoms with Crippen LogP contribution < -0.4 is 59.1 Å². The molecule has 1 unspecified atom stereocenters. The van der Waals surface area contributed by atoms with Crippen LogP contribution in [-0.4, -0.2) is 77.7 Å². The monoisotopic (exact) mass is 414 g/mol. The van der Waals surface area contributed by atoms with Gasteiger partial charge in [0, 0.05) is 0 Å². The Bertz CT molecular complexity index is 611. The zero-order valence-corrected chi connectivity index (χ0v) is 18.4. The van der Waals surface area contributed by atoms with Crippen molar-refractivity contribution in [3.05, 3.63) is 0 Å². The largest absolute Gasteiger partial charge is 1.00 e. The summed E-state index contributed by atoms with van der Waals surface area (Å²) in [6.45, 7) is 0. The van der Waals surface area contributed by atoms with Gasteiger partial charge in [0.25, 0.3) is 0 Å². The Labute approximate surface area is 197 Å². The van der Waals surface area contributed by atoms with Crippen LogP contribution in [0, 0.1) is 0 Å². The topological polar surface area (TPSA) is 233 Å². The van der Waals surface area contributed by atoms with Crippen LogP contribution in [0.1, 0.15) is 28.5 Å². The number of aliphatic hydroxyl groups is 1. The molecule has 1 atom stereocenters. The van der Waals surface area contributed by atoms with Crippen LogP contribution >= 0.6 is 0 Å². The molecule has 0 aliphatic heterocycles. The summed E-state index contributed by atoms with van der Waals surface area (Å²) in [5, 5.41) is 53.5. The van der Waals surface area contributed by atoms with Gasteiger partial charge in [0.15, 0.2) is 5.60 Å². The predicted molar refractivity (Wildman–Crippen MR) is 72.6 cm³/mol. The molecule has 27 heavy (non-hydrogen) atoms. The summed E-state index contributed by atoms with van der Waals surface area (Å²) in [5.74, 6) is -11.6. The maximum absolute atomic E-state index is 11.7. The molecule has 0 fully saturated rings. The van der Waals surface area contributed by atoms with E-state index in [0.29, 0.717) is 0 Å². The maximum Gasteiger partial charge on any atom is 1.00 e. The summed E-state index contributed by atoms with van der Waals surface area (Å²) in [7, 11) is 0. The van der Waals surface area contributed by atoms with Crippen LogP contribution in [0.25, 0.3) is 0 Å². The number of aliphatic carboxylic acids is 5. The number of hydrogen-bond donors (Lipinski definition) is 6. The first-order chi connectivity index (χ1) is 11.2. The fraction of sp³-hybridized carbons (Fsp3) is 0.500. The van der Waals surface area contributed by atoms with E-state index in [1.807, 2.05) is 0 Å². The second-order valence-electron chi connectivity index (χ2n) is 5.00. The maximum atomic E-state index is 11.7. The molecular weight excluding hydrogens is 398 g/mol. The Morgan fingerprint density at radius 2 is 1.04 bits per heavy atom. The molecular formula is C12H16Na2O13. The number of rotatable bonds is 11. The molecule has 0 saturated carbocycles. The van der Waals surface area contributed by atoms with Crippen LogP contribution in [0.4, 0.5) is 0 Å². The van der Waals surface area contributed by atoms with Gasteiger partial charge in [-0.05, 0) is 0 Å².